The molecule has 0 aromatic heterocycles. The van der Waals surface area contributed by atoms with Gasteiger partial charge in [-0.15, -0.1) is 0 Å². The minimum absolute atomic E-state index is 0.191. The van der Waals surface area contributed by atoms with Crippen molar-refractivity contribution in [1.82, 2.24) is 4.90 Å². The number of benzene rings is 1. The number of anilines is 1. The first-order valence-electron chi connectivity index (χ1n) is 6.99. The van der Waals surface area contributed by atoms with Crippen LogP contribution in [0.1, 0.15) is 13.8 Å². The summed E-state index contributed by atoms with van der Waals surface area (Å²) in [6, 6.07) is 4.87. The third-order valence-electron chi connectivity index (χ3n) is 3.50. The Morgan fingerprint density at radius 3 is 2.45 bits per heavy atom. The Bertz CT molecular complexity index is 451. The summed E-state index contributed by atoms with van der Waals surface area (Å²) >= 11 is 0. The van der Waals surface area contributed by atoms with Gasteiger partial charge in [0.25, 0.3) is 0 Å². The van der Waals surface area contributed by atoms with E-state index in [1.54, 1.807) is 19.2 Å². The fourth-order valence-electron chi connectivity index (χ4n) is 2.58. The van der Waals surface area contributed by atoms with Crippen molar-refractivity contribution < 1.29 is 9.13 Å². The summed E-state index contributed by atoms with van der Waals surface area (Å²) in [5.74, 6) is 0.491. The van der Waals surface area contributed by atoms with Crippen LogP contribution in [0.15, 0.2) is 18.2 Å². The summed E-state index contributed by atoms with van der Waals surface area (Å²) in [7, 11) is 1.60. The van der Waals surface area contributed by atoms with Crippen LogP contribution in [-0.4, -0.2) is 50.3 Å². The highest BCUT2D eigenvalue weighted by molar-refractivity contribution is 5.52. The molecule has 1 heterocycles. The predicted octanol–water partition coefficient (Wildman–Crippen LogP) is 1.69. The molecule has 4 nitrogen and oxygen atoms in total. The van der Waals surface area contributed by atoms with E-state index in [0.29, 0.717) is 11.4 Å². The van der Waals surface area contributed by atoms with Gasteiger partial charge in [-0.1, -0.05) is 0 Å². The Morgan fingerprint density at radius 1 is 1.25 bits per heavy atom. The molecule has 0 unspecified atom stereocenters. The van der Waals surface area contributed by atoms with Crippen molar-refractivity contribution in [1.29, 1.82) is 0 Å². The first kappa shape index (κ1) is 15.1. The Hall–Kier alpha value is -1.33. The highest BCUT2D eigenvalue weighted by atomic mass is 19.1. The maximum absolute atomic E-state index is 13.9. The minimum Gasteiger partial charge on any atom is -0.497 e. The molecule has 1 saturated heterocycles. The summed E-state index contributed by atoms with van der Waals surface area (Å²) in [4.78, 5) is 4.40. The van der Waals surface area contributed by atoms with E-state index < -0.39 is 0 Å². The average molecular weight is 281 g/mol. The number of rotatable bonds is 4. The van der Waals surface area contributed by atoms with Crippen molar-refractivity contribution in [2.75, 3.05) is 44.7 Å². The highest BCUT2D eigenvalue weighted by Gasteiger charge is 2.23. The molecule has 0 bridgehead atoms. The van der Waals surface area contributed by atoms with Crippen molar-refractivity contribution >= 4 is 5.69 Å². The SMILES string of the molecule is COc1ccc(F)c(N2CCN(CC(C)(C)N)CC2)c1. The van der Waals surface area contributed by atoms with Gasteiger partial charge in [-0.05, 0) is 26.0 Å². The molecule has 1 fully saturated rings. The van der Waals surface area contributed by atoms with E-state index in [1.165, 1.54) is 6.07 Å². The summed E-state index contributed by atoms with van der Waals surface area (Å²) in [5.41, 5.74) is 6.47. The van der Waals surface area contributed by atoms with Crippen LogP contribution in [0.3, 0.4) is 0 Å². The molecule has 1 aliphatic heterocycles. The average Bonchev–Trinajstić information content (AvgIpc) is 2.39. The lowest BCUT2D eigenvalue weighted by atomic mass is 10.1. The molecule has 0 radical (unpaired) electrons. The Kier molecular flexibility index (Phi) is 4.50. The van der Waals surface area contributed by atoms with Crippen molar-refractivity contribution in [3.8, 4) is 5.75 Å². The van der Waals surface area contributed by atoms with E-state index in [4.69, 9.17) is 10.5 Å². The molecular weight excluding hydrogens is 257 g/mol. The molecule has 0 saturated carbocycles. The molecule has 2 N–H and O–H groups in total. The minimum atomic E-state index is -0.196. The number of hydrogen-bond donors (Lipinski definition) is 1. The van der Waals surface area contributed by atoms with E-state index in [-0.39, 0.29) is 11.4 Å². The van der Waals surface area contributed by atoms with Crippen molar-refractivity contribution in [3.05, 3.63) is 24.0 Å². The highest BCUT2D eigenvalue weighted by Crippen LogP contribution is 2.26. The van der Waals surface area contributed by atoms with Gasteiger partial charge < -0.3 is 15.4 Å². The van der Waals surface area contributed by atoms with Gasteiger partial charge in [-0.2, -0.15) is 0 Å². The van der Waals surface area contributed by atoms with Crippen LogP contribution in [0.5, 0.6) is 5.75 Å². The second kappa shape index (κ2) is 5.97. The van der Waals surface area contributed by atoms with E-state index in [1.807, 2.05) is 13.8 Å². The molecule has 20 heavy (non-hydrogen) atoms. The van der Waals surface area contributed by atoms with E-state index in [2.05, 4.69) is 9.80 Å². The van der Waals surface area contributed by atoms with Crippen LogP contribution in [0.4, 0.5) is 10.1 Å². The first-order chi connectivity index (χ1) is 9.39. The number of nitrogens with two attached hydrogens (primary N) is 1. The number of halogens is 1. The van der Waals surface area contributed by atoms with Gasteiger partial charge in [0.15, 0.2) is 0 Å². The van der Waals surface area contributed by atoms with Crippen molar-refractivity contribution in [2.45, 2.75) is 19.4 Å². The smallest absolute Gasteiger partial charge is 0.146 e. The van der Waals surface area contributed by atoms with Gasteiger partial charge in [0.05, 0.1) is 12.8 Å². The Morgan fingerprint density at radius 2 is 1.90 bits per heavy atom. The largest absolute Gasteiger partial charge is 0.497 e. The molecule has 1 aromatic rings. The topological polar surface area (TPSA) is 41.7 Å². The molecule has 0 atom stereocenters. The number of piperazine rings is 1. The molecule has 1 aromatic carbocycles. The van der Waals surface area contributed by atoms with Gasteiger partial charge in [0.2, 0.25) is 0 Å². The van der Waals surface area contributed by atoms with Gasteiger partial charge in [0, 0.05) is 44.3 Å². The van der Waals surface area contributed by atoms with Crippen molar-refractivity contribution in [3.63, 3.8) is 0 Å². The van der Waals surface area contributed by atoms with Gasteiger partial charge in [0.1, 0.15) is 11.6 Å². The Balaban J connectivity index is 2.00. The zero-order valence-corrected chi connectivity index (χ0v) is 12.5. The van der Waals surface area contributed by atoms with Crippen LogP contribution in [0.25, 0.3) is 0 Å². The summed E-state index contributed by atoms with van der Waals surface area (Å²) in [6.45, 7) is 8.33. The van der Waals surface area contributed by atoms with E-state index in [9.17, 15) is 4.39 Å². The van der Waals surface area contributed by atoms with Crippen LogP contribution < -0.4 is 15.4 Å². The molecule has 0 amide bonds. The summed E-state index contributed by atoms with van der Waals surface area (Å²) < 4.78 is 19.1. The maximum Gasteiger partial charge on any atom is 0.146 e. The third-order valence-corrected chi connectivity index (χ3v) is 3.50. The van der Waals surface area contributed by atoms with Crippen LogP contribution in [0.2, 0.25) is 0 Å². The zero-order valence-electron chi connectivity index (χ0n) is 12.5. The number of nitrogens with zero attached hydrogens (tertiary/aromatic N) is 2. The molecular formula is C15H24FN3O. The number of ether oxygens (including phenoxy) is 1. The lowest BCUT2D eigenvalue weighted by Gasteiger charge is -2.38. The molecule has 5 heteroatoms. The molecule has 0 spiro atoms. The summed E-state index contributed by atoms with van der Waals surface area (Å²) in [5, 5.41) is 0. The molecule has 1 aliphatic rings. The van der Waals surface area contributed by atoms with E-state index in [0.717, 1.165) is 32.7 Å². The van der Waals surface area contributed by atoms with Gasteiger partial charge in [-0.25, -0.2) is 4.39 Å². The fraction of sp³-hybridized carbons (Fsp3) is 0.600. The first-order valence-corrected chi connectivity index (χ1v) is 6.99. The quantitative estimate of drug-likeness (QED) is 0.912. The summed E-state index contributed by atoms with van der Waals surface area (Å²) in [6.07, 6.45) is 0. The monoisotopic (exact) mass is 281 g/mol. The molecule has 2 rings (SSSR count). The Labute approximate surface area is 120 Å². The maximum atomic E-state index is 13.9. The van der Waals surface area contributed by atoms with E-state index >= 15 is 0 Å². The fourth-order valence-corrected chi connectivity index (χ4v) is 2.58. The lowest BCUT2D eigenvalue weighted by molar-refractivity contribution is 0.214. The second-order valence-corrected chi connectivity index (χ2v) is 6.07. The van der Waals surface area contributed by atoms with Crippen LogP contribution in [-0.2, 0) is 0 Å². The van der Waals surface area contributed by atoms with Crippen LogP contribution >= 0.6 is 0 Å². The van der Waals surface area contributed by atoms with Gasteiger partial charge in [-0.3, -0.25) is 4.90 Å². The predicted molar refractivity (Wildman–Crippen MR) is 79.9 cm³/mol. The lowest BCUT2D eigenvalue weighted by Crippen LogP contribution is -2.53. The van der Waals surface area contributed by atoms with Crippen LogP contribution in [0, 0.1) is 5.82 Å². The standard InChI is InChI=1S/C15H24FN3O/c1-15(2,17)11-18-6-8-19(9-7-18)14-10-12(20-3)4-5-13(14)16/h4-5,10H,6-9,11,17H2,1-3H3. The molecule has 0 aliphatic carbocycles. The number of methoxy groups -OCH3 is 1. The normalized spacial score (nSPS) is 17.4. The molecule has 112 valence electrons. The second-order valence-electron chi connectivity index (χ2n) is 6.07. The van der Waals surface area contributed by atoms with Gasteiger partial charge >= 0.3 is 0 Å². The van der Waals surface area contributed by atoms with Crippen molar-refractivity contribution in [2.24, 2.45) is 5.73 Å². The third kappa shape index (κ3) is 3.84. The number of hydrogen-bond acceptors (Lipinski definition) is 4. The zero-order chi connectivity index (χ0) is 14.8.